The summed E-state index contributed by atoms with van der Waals surface area (Å²) in [6.07, 6.45) is 4.27. The van der Waals surface area contributed by atoms with E-state index in [2.05, 4.69) is 31.0 Å². The summed E-state index contributed by atoms with van der Waals surface area (Å²) in [6, 6.07) is 2.91. The van der Waals surface area contributed by atoms with Crippen LogP contribution in [-0.4, -0.2) is 67.4 Å². The molecule has 30 heavy (non-hydrogen) atoms. The Morgan fingerprint density at radius 2 is 2.07 bits per heavy atom. The fraction of sp³-hybridized carbons (Fsp3) is 0.294. The maximum Gasteiger partial charge on any atom is 0.256 e. The summed E-state index contributed by atoms with van der Waals surface area (Å²) in [5.41, 5.74) is 0.698. The molecule has 13 heteroatoms. The van der Waals surface area contributed by atoms with Gasteiger partial charge in [-0.15, -0.1) is 0 Å². The lowest BCUT2D eigenvalue weighted by Gasteiger charge is -2.24. The predicted molar refractivity (Wildman–Crippen MR) is 111 cm³/mol. The summed E-state index contributed by atoms with van der Waals surface area (Å²) in [4.78, 5) is 20.8. The first kappa shape index (κ1) is 20.1. The third-order valence-corrected chi connectivity index (χ3v) is 4.24. The molecule has 0 aliphatic heterocycles. The third-order valence-electron chi connectivity index (χ3n) is 4.24. The largest absolute Gasteiger partial charge is 0.499 e. The van der Waals surface area contributed by atoms with E-state index in [1.807, 2.05) is 0 Å². The molecule has 1 amide bonds. The molecule has 3 N–H and O–H groups in total. The van der Waals surface area contributed by atoms with Crippen LogP contribution in [0, 0.1) is 5.82 Å². The average Bonchev–Trinajstić information content (AvgIpc) is 3.37. The van der Waals surface area contributed by atoms with Gasteiger partial charge >= 0.3 is 0 Å². The van der Waals surface area contributed by atoms with Crippen molar-refractivity contribution in [2.45, 2.75) is 24.2 Å². The Balaban J connectivity index is 1.72. The number of aromatic nitrogens is 4. The van der Waals surface area contributed by atoms with Crippen molar-refractivity contribution in [2.24, 2.45) is 0 Å². The number of rotatable bonds is 7. The van der Waals surface area contributed by atoms with E-state index in [-0.39, 0.29) is 29.3 Å². The Kier molecular flexibility index (Phi) is 5.04. The lowest BCUT2D eigenvalue weighted by Crippen LogP contribution is -2.38. The summed E-state index contributed by atoms with van der Waals surface area (Å²) in [5.74, 6) is -0.232. The van der Waals surface area contributed by atoms with E-state index >= 15 is 0 Å². The van der Waals surface area contributed by atoms with E-state index in [0.29, 0.717) is 17.0 Å². The highest BCUT2D eigenvalue weighted by Crippen LogP contribution is 2.29. The van der Waals surface area contributed by atoms with Crippen molar-refractivity contribution < 1.29 is 13.9 Å². The lowest BCUT2D eigenvalue weighted by atomic mass is 9.52. The van der Waals surface area contributed by atoms with Crippen LogP contribution in [0.4, 0.5) is 21.7 Å². The minimum Gasteiger partial charge on any atom is -0.499 e. The smallest absolute Gasteiger partial charge is 0.256 e. The minimum absolute atomic E-state index is 0.0862. The third kappa shape index (κ3) is 4.34. The van der Waals surface area contributed by atoms with Crippen molar-refractivity contribution in [3.63, 3.8) is 0 Å². The number of carbonyl (C=O) groups excluding carboxylic acids is 1. The zero-order chi connectivity index (χ0) is 21.5. The molecule has 146 valence electrons. The van der Waals surface area contributed by atoms with Gasteiger partial charge in [-0.2, -0.15) is 9.61 Å². The van der Waals surface area contributed by atoms with Crippen LogP contribution in [0.15, 0.2) is 24.5 Å². The maximum atomic E-state index is 13.8. The van der Waals surface area contributed by atoms with E-state index in [0.717, 1.165) is 25.1 Å². The second-order valence-electron chi connectivity index (χ2n) is 6.90. The maximum absolute atomic E-state index is 13.8. The Hall–Kier alpha value is -3.24. The highest BCUT2D eigenvalue weighted by molar-refractivity contribution is 6.58. The fourth-order valence-corrected chi connectivity index (χ4v) is 2.76. The number of hydrogen-bond donors (Lipinski definition) is 3. The number of fused-ring (bicyclic) bond motifs is 1. The zero-order valence-electron chi connectivity index (χ0n) is 16.0. The van der Waals surface area contributed by atoms with Gasteiger partial charge in [-0.05, 0) is 18.1 Å². The van der Waals surface area contributed by atoms with E-state index in [1.165, 1.54) is 10.7 Å². The van der Waals surface area contributed by atoms with Crippen LogP contribution in [0.5, 0.6) is 5.88 Å². The van der Waals surface area contributed by atoms with E-state index in [4.69, 9.17) is 28.3 Å². The van der Waals surface area contributed by atoms with Gasteiger partial charge in [0, 0.05) is 25.2 Å². The van der Waals surface area contributed by atoms with E-state index < -0.39 is 11.1 Å². The first-order valence-corrected chi connectivity index (χ1v) is 9.09. The second-order valence-corrected chi connectivity index (χ2v) is 6.90. The highest BCUT2D eigenvalue weighted by Gasteiger charge is 2.26. The SMILES string of the molecule is [B]C([B])([B])Oc1ncc(F)cc1Nc1cc(NC)n2ncc(C(=O)NC3CC3)c2n1. The predicted octanol–water partition coefficient (Wildman–Crippen LogP) is 0.436. The zero-order valence-corrected chi connectivity index (χ0v) is 16.0. The molecule has 1 aliphatic rings. The van der Waals surface area contributed by atoms with Crippen LogP contribution in [0.25, 0.3) is 5.65 Å². The molecule has 3 aromatic heterocycles. The Labute approximate surface area is 175 Å². The number of nitrogens with zero attached hydrogens (tertiary/aromatic N) is 4. The number of nitrogens with one attached hydrogen (secondary N) is 3. The van der Waals surface area contributed by atoms with Gasteiger partial charge in [0.15, 0.2) is 5.65 Å². The minimum atomic E-state index is -2.02. The molecule has 0 aromatic carbocycles. The van der Waals surface area contributed by atoms with Gasteiger partial charge in [0.05, 0.1) is 12.4 Å². The van der Waals surface area contributed by atoms with Crippen molar-refractivity contribution in [1.29, 1.82) is 0 Å². The van der Waals surface area contributed by atoms with Crippen LogP contribution >= 0.6 is 0 Å². The van der Waals surface area contributed by atoms with Crippen LogP contribution in [0.3, 0.4) is 0 Å². The van der Waals surface area contributed by atoms with Crippen molar-refractivity contribution in [1.82, 2.24) is 24.9 Å². The van der Waals surface area contributed by atoms with Crippen molar-refractivity contribution in [3.8, 4) is 5.88 Å². The topological polar surface area (TPSA) is 105 Å². The van der Waals surface area contributed by atoms with Crippen LogP contribution in [0.2, 0.25) is 0 Å². The number of ether oxygens (including phenoxy) is 1. The molecule has 1 saturated carbocycles. The average molecular weight is 401 g/mol. The fourth-order valence-electron chi connectivity index (χ4n) is 2.76. The second kappa shape index (κ2) is 7.54. The monoisotopic (exact) mass is 401 g/mol. The molecule has 0 saturated heterocycles. The Morgan fingerprint density at radius 3 is 2.73 bits per heavy atom. The Bertz CT molecular complexity index is 1110. The molecule has 1 aliphatic carbocycles. The summed E-state index contributed by atoms with van der Waals surface area (Å²) in [5, 5.41) is 11.0. The normalized spacial score (nSPS) is 13.8. The number of pyridine rings is 1. The number of halogens is 1. The molecule has 3 aromatic rings. The van der Waals surface area contributed by atoms with E-state index in [9.17, 15) is 9.18 Å². The van der Waals surface area contributed by atoms with E-state index in [1.54, 1.807) is 13.1 Å². The first-order chi connectivity index (χ1) is 14.2. The number of carbonyl (C=O) groups is 1. The quantitative estimate of drug-likeness (QED) is 0.494. The molecule has 0 spiro atoms. The molecule has 1 fully saturated rings. The van der Waals surface area contributed by atoms with Gasteiger partial charge in [0.25, 0.3) is 5.91 Å². The highest BCUT2D eigenvalue weighted by atomic mass is 19.1. The summed E-state index contributed by atoms with van der Waals surface area (Å²) in [6.45, 7) is 0. The summed E-state index contributed by atoms with van der Waals surface area (Å²) >= 11 is 0. The molecule has 0 unspecified atom stereocenters. The molecule has 4 rings (SSSR count). The Morgan fingerprint density at radius 1 is 1.30 bits per heavy atom. The van der Waals surface area contributed by atoms with Crippen molar-refractivity contribution >= 4 is 52.4 Å². The van der Waals surface area contributed by atoms with Gasteiger partial charge in [0.2, 0.25) is 5.88 Å². The first-order valence-electron chi connectivity index (χ1n) is 9.09. The van der Waals surface area contributed by atoms with Crippen LogP contribution < -0.4 is 20.7 Å². The number of anilines is 3. The van der Waals surface area contributed by atoms with Gasteiger partial charge in [-0.3, -0.25) is 4.79 Å². The van der Waals surface area contributed by atoms with Gasteiger partial charge in [-0.1, -0.05) is 0 Å². The lowest BCUT2D eigenvalue weighted by molar-refractivity contribution is 0.0952. The van der Waals surface area contributed by atoms with Gasteiger partial charge < -0.3 is 20.7 Å². The van der Waals surface area contributed by atoms with Crippen LogP contribution in [-0.2, 0) is 0 Å². The molecule has 6 radical (unpaired) electrons. The standard InChI is InChI=1S/C17H15B3FN7O2/c1-22-13-5-12(26-11-4-8(21)6-23-16(11)30-17(18,19)20)27-14-10(7-24-28(13)14)15(29)25-9-2-3-9/h4-7,9,22H,2-3H2,1H3,(H,25,29)(H,26,27). The van der Waals surface area contributed by atoms with Crippen molar-refractivity contribution in [2.75, 3.05) is 17.7 Å². The molecule has 3 heterocycles. The van der Waals surface area contributed by atoms with Gasteiger partial charge in [0.1, 0.15) is 52.2 Å². The van der Waals surface area contributed by atoms with Crippen LogP contribution in [0.1, 0.15) is 23.2 Å². The number of hydrogen-bond acceptors (Lipinski definition) is 7. The molecular formula is C17H15B3FN7O2. The summed E-state index contributed by atoms with van der Waals surface area (Å²) < 4.78 is 20.4. The molecule has 0 bridgehead atoms. The molecule has 0 atom stereocenters. The van der Waals surface area contributed by atoms with Gasteiger partial charge in [-0.25, -0.2) is 14.4 Å². The number of amides is 1. The van der Waals surface area contributed by atoms with Crippen molar-refractivity contribution in [3.05, 3.63) is 35.9 Å². The molecule has 9 nitrogen and oxygen atoms in total. The summed E-state index contributed by atoms with van der Waals surface area (Å²) in [7, 11) is 18.1. The molecular weight excluding hydrogens is 386 g/mol.